The molecule has 0 radical (unpaired) electrons. The summed E-state index contributed by atoms with van der Waals surface area (Å²) >= 11 is 0. The summed E-state index contributed by atoms with van der Waals surface area (Å²) in [5, 5.41) is 11.1. The van der Waals surface area contributed by atoms with Crippen molar-refractivity contribution in [3.63, 3.8) is 0 Å². The van der Waals surface area contributed by atoms with Crippen molar-refractivity contribution in [3.05, 3.63) is 17.5 Å². The van der Waals surface area contributed by atoms with Crippen LogP contribution in [-0.2, 0) is 16.2 Å². The number of carbonyl (C=O) groups is 1. The highest BCUT2D eigenvalue weighted by molar-refractivity contribution is 6.04. The molecule has 1 aliphatic heterocycles. The van der Waals surface area contributed by atoms with Crippen molar-refractivity contribution in [2.75, 3.05) is 6.54 Å². The maximum Gasteiger partial charge on any atom is 0.264 e. The van der Waals surface area contributed by atoms with Gasteiger partial charge in [0.1, 0.15) is 0 Å². The Balaban J connectivity index is 2.01. The summed E-state index contributed by atoms with van der Waals surface area (Å²) in [5.74, 6) is -0.0962. The van der Waals surface area contributed by atoms with E-state index in [1.165, 1.54) is 0 Å². The van der Waals surface area contributed by atoms with Gasteiger partial charge in [-0.15, -0.1) is 0 Å². The fraction of sp³-hybridized carbons (Fsp3) is 0.615. The predicted molar refractivity (Wildman–Crippen MR) is 72.0 cm³/mol. The van der Waals surface area contributed by atoms with E-state index in [0.29, 0.717) is 13.0 Å². The van der Waals surface area contributed by atoms with Crippen LogP contribution >= 0.6 is 0 Å². The molecule has 19 heavy (non-hydrogen) atoms. The van der Waals surface area contributed by atoms with Crippen molar-refractivity contribution in [2.24, 2.45) is 5.16 Å². The number of nitrogens with one attached hydrogen (secondary N) is 1. The van der Waals surface area contributed by atoms with Gasteiger partial charge < -0.3 is 10.2 Å². The van der Waals surface area contributed by atoms with E-state index in [9.17, 15) is 4.79 Å². The summed E-state index contributed by atoms with van der Waals surface area (Å²) in [6.07, 6.45) is 2.69. The predicted octanol–water partition coefficient (Wildman–Crippen LogP) is 1.23. The highest BCUT2D eigenvalue weighted by atomic mass is 16.6. The molecule has 0 unspecified atom stereocenters. The topological polar surface area (TPSA) is 68.5 Å². The van der Waals surface area contributed by atoms with Crippen molar-refractivity contribution in [3.8, 4) is 0 Å². The molecule has 1 atom stereocenters. The number of rotatable bonds is 5. The lowest BCUT2D eigenvalue weighted by atomic mass is 10.1. The molecule has 2 rings (SSSR count). The second kappa shape index (κ2) is 5.86. The highest BCUT2D eigenvalue weighted by Crippen LogP contribution is 2.19. The van der Waals surface area contributed by atoms with Crippen molar-refractivity contribution in [1.29, 1.82) is 0 Å². The van der Waals surface area contributed by atoms with Gasteiger partial charge in [-0.05, 0) is 20.3 Å². The molecule has 0 aliphatic carbocycles. The Bertz CT molecular complexity index is 493. The summed E-state index contributed by atoms with van der Waals surface area (Å²) in [7, 11) is 0. The van der Waals surface area contributed by atoms with E-state index in [-0.39, 0.29) is 5.91 Å². The molecular formula is C13H20N4O2. The smallest absolute Gasteiger partial charge is 0.264 e. The fourth-order valence-electron chi connectivity index (χ4n) is 2.09. The second-order valence-corrected chi connectivity index (χ2v) is 4.59. The molecule has 0 bridgehead atoms. The van der Waals surface area contributed by atoms with Crippen LogP contribution in [0.1, 0.15) is 37.9 Å². The number of hydrogen-bond donors (Lipinski definition) is 1. The first kappa shape index (κ1) is 13.6. The van der Waals surface area contributed by atoms with Gasteiger partial charge in [-0.25, -0.2) is 0 Å². The van der Waals surface area contributed by atoms with Crippen molar-refractivity contribution in [1.82, 2.24) is 15.1 Å². The molecule has 2 heterocycles. The molecule has 1 N–H and O–H groups in total. The first-order chi connectivity index (χ1) is 9.17. The first-order valence-electron chi connectivity index (χ1n) is 6.70. The quantitative estimate of drug-likeness (QED) is 0.869. The lowest BCUT2D eigenvalue weighted by Crippen LogP contribution is -2.35. The molecule has 0 aromatic carbocycles. The van der Waals surface area contributed by atoms with Crippen LogP contribution in [0.2, 0.25) is 0 Å². The monoisotopic (exact) mass is 264 g/mol. The van der Waals surface area contributed by atoms with Crippen molar-refractivity contribution in [2.45, 2.75) is 46.3 Å². The average molecular weight is 264 g/mol. The standard InChI is InChI=1S/C13H20N4O2/c1-4-6-14-13(18)12-7-11(16-19-12)10-8-15-17(5-2)9(10)3/h8,12H,4-7H2,1-3H3,(H,14,18)/t12-/m1/s1. The molecule has 0 fully saturated rings. The van der Waals surface area contributed by atoms with E-state index in [0.717, 1.165) is 29.9 Å². The Hall–Kier alpha value is -1.85. The Labute approximate surface area is 112 Å². The van der Waals surface area contributed by atoms with Gasteiger partial charge in [-0.2, -0.15) is 5.10 Å². The van der Waals surface area contributed by atoms with E-state index < -0.39 is 6.10 Å². The third-order valence-corrected chi connectivity index (χ3v) is 3.22. The number of hydrogen-bond acceptors (Lipinski definition) is 4. The summed E-state index contributed by atoms with van der Waals surface area (Å²) in [5.41, 5.74) is 2.82. The van der Waals surface area contributed by atoms with Crippen LogP contribution < -0.4 is 5.32 Å². The molecule has 1 amide bonds. The summed E-state index contributed by atoms with van der Waals surface area (Å²) in [4.78, 5) is 17.0. The van der Waals surface area contributed by atoms with Gasteiger partial charge in [0.05, 0.1) is 11.9 Å². The minimum Gasteiger partial charge on any atom is -0.382 e. The largest absolute Gasteiger partial charge is 0.382 e. The third-order valence-electron chi connectivity index (χ3n) is 3.22. The zero-order valence-electron chi connectivity index (χ0n) is 11.6. The average Bonchev–Trinajstić information content (AvgIpc) is 3.02. The number of carbonyl (C=O) groups excluding carboxylic acids is 1. The first-order valence-corrected chi connectivity index (χ1v) is 6.70. The van der Waals surface area contributed by atoms with Crippen LogP contribution in [0.15, 0.2) is 11.4 Å². The van der Waals surface area contributed by atoms with Crippen LogP contribution in [0.4, 0.5) is 0 Å². The van der Waals surface area contributed by atoms with E-state index in [1.54, 1.807) is 6.20 Å². The minimum absolute atomic E-state index is 0.0962. The minimum atomic E-state index is -0.508. The zero-order valence-corrected chi connectivity index (χ0v) is 11.6. The number of aromatic nitrogens is 2. The highest BCUT2D eigenvalue weighted by Gasteiger charge is 2.29. The molecule has 0 saturated carbocycles. The third kappa shape index (κ3) is 2.77. The molecule has 1 aromatic heterocycles. The molecule has 6 heteroatoms. The molecular weight excluding hydrogens is 244 g/mol. The molecule has 104 valence electrons. The van der Waals surface area contributed by atoms with E-state index in [2.05, 4.69) is 15.6 Å². The number of amides is 1. The Morgan fingerprint density at radius 3 is 3.00 bits per heavy atom. The van der Waals surface area contributed by atoms with Crippen LogP contribution in [0.3, 0.4) is 0 Å². The van der Waals surface area contributed by atoms with Gasteiger partial charge in [0.2, 0.25) is 6.10 Å². The van der Waals surface area contributed by atoms with E-state index >= 15 is 0 Å². The summed E-state index contributed by atoms with van der Waals surface area (Å²) < 4.78 is 1.91. The molecule has 6 nitrogen and oxygen atoms in total. The van der Waals surface area contributed by atoms with Gasteiger partial charge in [0.15, 0.2) is 0 Å². The molecule has 1 aromatic rings. The van der Waals surface area contributed by atoms with Gasteiger partial charge in [0, 0.05) is 30.8 Å². The molecule has 0 spiro atoms. The van der Waals surface area contributed by atoms with Crippen LogP contribution in [0.5, 0.6) is 0 Å². The van der Waals surface area contributed by atoms with Gasteiger partial charge in [-0.3, -0.25) is 9.48 Å². The SMILES string of the molecule is CCCNC(=O)[C@H]1CC(c2cnn(CC)c2C)=NO1. The van der Waals surface area contributed by atoms with E-state index in [1.807, 2.05) is 25.5 Å². The molecule has 1 aliphatic rings. The van der Waals surface area contributed by atoms with Gasteiger partial charge >= 0.3 is 0 Å². The summed E-state index contributed by atoms with van der Waals surface area (Å²) in [6.45, 7) is 7.54. The van der Waals surface area contributed by atoms with Crippen LogP contribution in [0, 0.1) is 6.92 Å². The van der Waals surface area contributed by atoms with Gasteiger partial charge in [-0.1, -0.05) is 12.1 Å². The number of nitrogens with zero attached hydrogens (tertiary/aromatic N) is 3. The summed E-state index contributed by atoms with van der Waals surface area (Å²) in [6, 6.07) is 0. The fourth-order valence-corrected chi connectivity index (χ4v) is 2.09. The zero-order chi connectivity index (χ0) is 13.8. The Morgan fingerprint density at radius 2 is 2.37 bits per heavy atom. The normalized spacial score (nSPS) is 18.1. The number of oxime groups is 1. The maximum absolute atomic E-state index is 11.8. The Kier molecular flexibility index (Phi) is 4.19. The van der Waals surface area contributed by atoms with Crippen LogP contribution in [0.25, 0.3) is 0 Å². The van der Waals surface area contributed by atoms with Gasteiger partial charge in [0.25, 0.3) is 5.91 Å². The lowest BCUT2D eigenvalue weighted by Gasteiger charge is -2.08. The molecule has 0 saturated heterocycles. The lowest BCUT2D eigenvalue weighted by molar-refractivity contribution is -0.131. The Morgan fingerprint density at radius 1 is 1.58 bits per heavy atom. The number of aryl methyl sites for hydroxylation is 1. The second-order valence-electron chi connectivity index (χ2n) is 4.59. The van der Waals surface area contributed by atoms with Crippen molar-refractivity contribution < 1.29 is 9.63 Å². The van der Waals surface area contributed by atoms with Crippen LogP contribution in [-0.4, -0.2) is 34.0 Å². The van der Waals surface area contributed by atoms with E-state index in [4.69, 9.17) is 4.84 Å². The van der Waals surface area contributed by atoms with Crippen molar-refractivity contribution >= 4 is 11.6 Å². The maximum atomic E-state index is 11.8.